The topological polar surface area (TPSA) is 90.9 Å². The molecule has 3 N–H and O–H groups in total. The molecule has 0 aromatic heterocycles. The second-order valence-corrected chi connectivity index (χ2v) is 8.79. The number of piperidine rings is 1. The van der Waals surface area contributed by atoms with Gasteiger partial charge in [0.2, 0.25) is 0 Å². The molecule has 2 heterocycles. The fourth-order valence-electron chi connectivity index (χ4n) is 4.34. The van der Waals surface area contributed by atoms with Crippen LogP contribution in [0.25, 0.3) is 0 Å². The quantitative estimate of drug-likeness (QED) is 0.571. The summed E-state index contributed by atoms with van der Waals surface area (Å²) in [5, 5.41) is 15.5. The first-order valence-electron chi connectivity index (χ1n) is 11.8. The number of carbonyl (C=O) groups excluding carboxylic acids is 1. The number of ether oxygens (including phenoxy) is 1. The molecule has 1 amide bonds. The van der Waals surface area contributed by atoms with Crippen molar-refractivity contribution in [3.05, 3.63) is 70.8 Å². The van der Waals surface area contributed by atoms with Gasteiger partial charge in [-0.15, -0.1) is 0 Å². The fourth-order valence-corrected chi connectivity index (χ4v) is 4.34. The first-order chi connectivity index (χ1) is 16.6. The first-order valence-corrected chi connectivity index (χ1v) is 11.8. The molecule has 34 heavy (non-hydrogen) atoms. The minimum Gasteiger partial charge on any atom is -0.480 e. The second-order valence-electron chi connectivity index (χ2n) is 8.79. The molecule has 7 nitrogen and oxygen atoms in total. The highest BCUT2D eigenvalue weighted by molar-refractivity contribution is 5.96. The number of carboxylic acids is 1. The molecule has 178 valence electrons. The van der Waals surface area contributed by atoms with Crippen molar-refractivity contribution in [1.29, 1.82) is 0 Å². The van der Waals surface area contributed by atoms with E-state index in [-0.39, 0.29) is 11.8 Å². The maximum atomic E-state index is 12.6. The third-order valence-corrected chi connectivity index (χ3v) is 6.37. The molecule has 0 saturated carbocycles. The van der Waals surface area contributed by atoms with Crippen LogP contribution in [0.3, 0.4) is 0 Å². The number of nitrogens with one attached hydrogen (secondary N) is 2. The maximum Gasteiger partial charge on any atom is 0.326 e. The molecule has 0 aliphatic carbocycles. The van der Waals surface area contributed by atoms with E-state index in [2.05, 4.69) is 39.5 Å². The monoisotopic (exact) mass is 461 g/mol. The van der Waals surface area contributed by atoms with Gasteiger partial charge in [0, 0.05) is 36.3 Å². The summed E-state index contributed by atoms with van der Waals surface area (Å²) >= 11 is 0. The number of rotatable bonds is 6. The van der Waals surface area contributed by atoms with E-state index < -0.39 is 12.0 Å². The number of carboxylic acid groups (broad SMARTS) is 1. The molecule has 0 radical (unpaired) electrons. The van der Waals surface area contributed by atoms with Crippen LogP contribution in [-0.2, 0) is 16.1 Å². The molecule has 0 spiro atoms. The molecule has 0 bridgehead atoms. The molecule has 2 aromatic carbocycles. The number of hydrogen-bond acceptors (Lipinski definition) is 5. The zero-order chi connectivity index (χ0) is 23.8. The number of morpholine rings is 1. The summed E-state index contributed by atoms with van der Waals surface area (Å²) in [7, 11) is 0. The molecule has 2 aromatic rings. The molecule has 7 heteroatoms. The number of benzene rings is 2. The fraction of sp³-hybridized carbons (Fsp3) is 0.407. The van der Waals surface area contributed by atoms with E-state index in [0.29, 0.717) is 5.56 Å². The summed E-state index contributed by atoms with van der Waals surface area (Å²) in [5.41, 5.74) is 3.41. The highest BCUT2D eigenvalue weighted by Crippen LogP contribution is 2.17. The van der Waals surface area contributed by atoms with E-state index in [1.807, 2.05) is 12.1 Å². The highest BCUT2D eigenvalue weighted by Gasteiger charge is 2.30. The normalized spacial score (nSPS) is 17.9. The lowest BCUT2D eigenvalue weighted by Crippen LogP contribution is -2.48. The predicted molar refractivity (Wildman–Crippen MR) is 129 cm³/mol. The molecule has 1 atom stereocenters. The number of amides is 1. The summed E-state index contributed by atoms with van der Waals surface area (Å²) in [6.45, 7) is 5.98. The largest absolute Gasteiger partial charge is 0.480 e. The van der Waals surface area contributed by atoms with Crippen molar-refractivity contribution in [1.82, 2.24) is 15.5 Å². The summed E-state index contributed by atoms with van der Waals surface area (Å²) in [4.78, 5) is 26.7. The molecular formula is C27H31N3O4. The Labute approximate surface area is 200 Å². The summed E-state index contributed by atoms with van der Waals surface area (Å²) in [5.74, 6) is 4.87. The average molecular weight is 462 g/mol. The van der Waals surface area contributed by atoms with Gasteiger partial charge in [0.1, 0.15) is 6.04 Å². The van der Waals surface area contributed by atoms with Crippen LogP contribution in [-0.4, -0.2) is 67.3 Å². The average Bonchev–Trinajstić information content (AvgIpc) is 2.88. The van der Waals surface area contributed by atoms with Crippen molar-refractivity contribution in [2.75, 3.05) is 39.4 Å². The third kappa shape index (κ3) is 6.67. The minimum absolute atomic E-state index is 0.0619. The van der Waals surface area contributed by atoms with Gasteiger partial charge in [0.25, 0.3) is 5.91 Å². The van der Waals surface area contributed by atoms with Crippen LogP contribution >= 0.6 is 0 Å². The van der Waals surface area contributed by atoms with Crippen molar-refractivity contribution in [2.24, 2.45) is 5.92 Å². The van der Waals surface area contributed by atoms with E-state index in [9.17, 15) is 14.7 Å². The zero-order valence-corrected chi connectivity index (χ0v) is 19.3. The smallest absolute Gasteiger partial charge is 0.326 e. The molecule has 0 unspecified atom stereocenters. The Balaban J connectivity index is 1.33. The van der Waals surface area contributed by atoms with Crippen LogP contribution in [0.5, 0.6) is 0 Å². The SMILES string of the molecule is O=C(N[C@H](C(=O)O)C1CCNCC1)c1ccc(C#Cc2ccc(CN3CCOCC3)cc2)cc1. The molecular weight excluding hydrogens is 430 g/mol. The van der Waals surface area contributed by atoms with Gasteiger partial charge in [-0.05, 0) is 73.8 Å². The molecule has 2 saturated heterocycles. The van der Waals surface area contributed by atoms with Crippen LogP contribution < -0.4 is 10.6 Å². The predicted octanol–water partition coefficient (Wildman–Crippen LogP) is 2.10. The van der Waals surface area contributed by atoms with Gasteiger partial charge >= 0.3 is 5.97 Å². The summed E-state index contributed by atoms with van der Waals surface area (Å²) in [6.07, 6.45) is 1.47. The summed E-state index contributed by atoms with van der Waals surface area (Å²) < 4.78 is 5.39. The van der Waals surface area contributed by atoms with Crippen LogP contribution in [0.1, 0.15) is 39.9 Å². The maximum absolute atomic E-state index is 12.6. The van der Waals surface area contributed by atoms with Gasteiger partial charge in [0.05, 0.1) is 13.2 Å². The van der Waals surface area contributed by atoms with E-state index in [1.54, 1.807) is 24.3 Å². The van der Waals surface area contributed by atoms with E-state index in [1.165, 1.54) is 5.56 Å². The van der Waals surface area contributed by atoms with E-state index >= 15 is 0 Å². The first kappa shape index (κ1) is 24.0. The van der Waals surface area contributed by atoms with Crippen molar-refractivity contribution >= 4 is 11.9 Å². The van der Waals surface area contributed by atoms with Crippen molar-refractivity contribution in [3.8, 4) is 11.8 Å². The second kappa shape index (κ2) is 11.8. The molecule has 4 rings (SSSR count). The Hall–Kier alpha value is -3.18. The molecule has 2 fully saturated rings. The van der Waals surface area contributed by atoms with Gasteiger partial charge in [-0.3, -0.25) is 9.69 Å². The van der Waals surface area contributed by atoms with Crippen molar-refractivity contribution in [3.63, 3.8) is 0 Å². The lowest BCUT2D eigenvalue weighted by atomic mass is 9.90. The van der Waals surface area contributed by atoms with Gasteiger partial charge in [0.15, 0.2) is 0 Å². The van der Waals surface area contributed by atoms with Crippen LogP contribution in [0.4, 0.5) is 0 Å². The van der Waals surface area contributed by atoms with E-state index in [4.69, 9.17) is 4.74 Å². The Morgan fingerprint density at radius 1 is 1.00 bits per heavy atom. The van der Waals surface area contributed by atoms with Gasteiger partial charge in [-0.1, -0.05) is 24.0 Å². The standard InChI is InChI=1S/C27H31N3O4/c31-26(29-25(27(32)33)23-11-13-28-14-12-23)24-9-7-21(8-10-24)2-1-20-3-5-22(6-4-20)19-30-15-17-34-18-16-30/h3-10,23,25,28H,11-19H2,(H,29,31)(H,32,33)/t25-/m0/s1. The Kier molecular flexibility index (Phi) is 8.31. The number of nitrogens with zero attached hydrogens (tertiary/aromatic N) is 1. The molecule has 2 aliphatic heterocycles. The minimum atomic E-state index is -0.987. The Morgan fingerprint density at radius 3 is 2.18 bits per heavy atom. The van der Waals surface area contributed by atoms with Crippen LogP contribution in [0, 0.1) is 17.8 Å². The molecule has 2 aliphatic rings. The Morgan fingerprint density at radius 2 is 1.59 bits per heavy atom. The number of aliphatic carboxylic acids is 1. The number of carbonyl (C=O) groups is 2. The van der Waals surface area contributed by atoms with Gasteiger partial charge in [-0.25, -0.2) is 4.79 Å². The van der Waals surface area contributed by atoms with E-state index in [0.717, 1.165) is 69.9 Å². The number of hydrogen-bond donors (Lipinski definition) is 3. The van der Waals surface area contributed by atoms with Crippen molar-refractivity contribution in [2.45, 2.75) is 25.4 Å². The highest BCUT2D eigenvalue weighted by atomic mass is 16.5. The lowest BCUT2D eigenvalue weighted by molar-refractivity contribution is -0.141. The van der Waals surface area contributed by atoms with Gasteiger partial charge in [-0.2, -0.15) is 0 Å². The Bertz CT molecular complexity index is 1030. The van der Waals surface area contributed by atoms with Crippen LogP contribution in [0.15, 0.2) is 48.5 Å². The lowest BCUT2D eigenvalue weighted by Gasteiger charge is -2.28. The van der Waals surface area contributed by atoms with Crippen LogP contribution in [0.2, 0.25) is 0 Å². The summed E-state index contributed by atoms with van der Waals surface area (Å²) in [6, 6.07) is 14.3. The van der Waals surface area contributed by atoms with Gasteiger partial charge < -0.3 is 20.5 Å². The third-order valence-electron chi connectivity index (χ3n) is 6.37. The van der Waals surface area contributed by atoms with Crippen molar-refractivity contribution < 1.29 is 19.4 Å². The zero-order valence-electron chi connectivity index (χ0n) is 19.3.